The van der Waals surface area contributed by atoms with Gasteiger partial charge in [-0.2, -0.15) is 0 Å². The lowest BCUT2D eigenvalue weighted by Gasteiger charge is -2.23. The molecular weight excluding hydrogens is 224 g/mol. The zero-order chi connectivity index (χ0) is 13.7. The fourth-order valence-corrected chi connectivity index (χ4v) is 2.25. The van der Waals surface area contributed by atoms with Gasteiger partial charge in [0, 0.05) is 6.04 Å². The van der Waals surface area contributed by atoms with Crippen LogP contribution in [0.1, 0.15) is 50.3 Å². The first kappa shape index (κ1) is 15.0. The van der Waals surface area contributed by atoms with Crippen LogP contribution in [0.3, 0.4) is 0 Å². The Kier molecular flexibility index (Phi) is 5.63. The molecule has 0 aliphatic heterocycles. The SMILES string of the molecule is CCC(CN)C(N)c1ccc(OC)c(C(C)C)c1. The lowest BCUT2D eigenvalue weighted by molar-refractivity contribution is 0.404. The maximum absolute atomic E-state index is 6.30. The van der Waals surface area contributed by atoms with Crippen LogP contribution in [-0.2, 0) is 0 Å². The average Bonchev–Trinajstić information content (AvgIpc) is 2.39. The van der Waals surface area contributed by atoms with E-state index in [4.69, 9.17) is 16.2 Å². The minimum absolute atomic E-state index is 0.00315. The van der Waals surface area contributed by atoms with Gasteiger partial charge in [-0.15, -0.1) is 0 Å². The molecule has 4 N–H and O–H groups in total. The topological polar surface area (TPSA) is 61.3 Å². The standard InChI is InChI=1S/C15H26N2O/c1-5-11(9-16)15(17)12-6-7-14(18-4)13(8-12)10(2)3/h6-8,10-11,15H,5,9,16-17H2,1-4H3. The van der Waals surface area contributed by atoms with E-state index < -0.39 is 0 Å². The fourth-order valence-electron chi connectivity index (χ4n) is 2.25. The third kappa shape index (κ3) is 3.24. The monoisotopic (exact) mass is 250 g/mol. The van der Waals surface area contributed by atoms with Gasteiger partial charge >= 0.3 is 0 Å². The molecule has 3 nitrogen and oxygen atoms in total. The summed E-state index contributed by atoms with van der Waals surface area (Å²) in [5.74, 6) is 1.69. The zero-order valence-corrected chi connectivity index (χ0v) is 11.9. The summed E-state index contributed by atoms with van der Waals surface area (Å²) in [5.41, 5.74) is 14.4. The molecule has 0 saturated carbocycles. The van der Waals surface area contributed by atoms with Crippen molar-refractivity contribution in [1.29, 1.82) is 0 Å². The molecular formula is C15H26N2O. The van der Waals surface area contributed by atoms with Crippen molar-refractivity contribution >= 4 is 0 Å². The maximum atomic E-state index is 6.30. The van der Waals surface area contributed by atoms with Crippen molar-refractivity contribution in [3.63, 3.8) is 0 Å². The zero-order valence-electron chi connectivity index (χ0n) is 11.9. The lowest BCUT2D eigenvalue weighted by atomic mass is 9.89. The Morgan fingerprint density at radius 2 is 1.94 bits per heavy atom. The molecule has 1 aromatic rings. The predicted octanol–water partition coefficient (Wildman–Crippen LogP) is 2.80. The molecule has 3 heteroatoms. The lowest BCUT2D eigenvalue weighted by Crippen LogP contribution is -2.27. The van der Waals surface area contributed by atoms with E-state index in [1.54, 1.807) is 7.11 Å². The molecule has 0 radical (unpaired) electrons. The first-order valence-electron chi connectivity index (χ1n) is 6.68. The molecule has 0 amide bonds. The van der Waals surface area contributed by atoms with E-state index in [2.05, 4.69) is 26.8 Å². The van der Waals surface area contributed by atoms with Crippen LogP contribution in [0.5, 0.6) is 5.75 Å². The summed E-state index contributed by atoms with van der Waals surface area (Å²) in [6.45, 7) is 7.08. The van der Waals surface area contributed by atoms with Gasteiger partial charge in [0.2, 0.25) is 0 Å². The molecule has 0 saturated heterocycles. The second-order valence-electron chi connectivity index (χ2n) is 5.09. The van der Waals surface area contributed by atoms with E-state index in [1.807, 2.05) is 12.1 Å². The van der Waals surface area contributed by atoms with Crippen LogP contribution in [0.4, 0.5) is 0 Å². The van der Waals surface area contributed by atoms with Gasteiger partial charge in [-0.25, -0.2) is 0 Å². The third-order valence-electron chi connectivity index (χ3n) is 3.60. The van der Waals surface area contributed by atoms with Crippen molar-refractivity contribution in [2.45, 2.75) is 39.2 Å². The van der Waals surface area contributed by atoms with Crippen molar-refractivity contribution in [2.75, 3.05) is 13.7 Å². The summed E-state index contributed by atoms with van der Waals surface area (Å²) < 4.78 is 5.39. The molecule has 0 aliphatic carbocycles. The summed E-state index contributed by atoms with van der Waals surface area (Å²) >= 11 is 0. The first-order chi connectivity index (χ1) is 8.54. The highest BCUT2D eigenvalue weighted by Crippen LogP contribution is 2.31. The summed E-state index contributed by atoms with van der Waals surface area (Å²) in [6, 6.07) is 6.22. The predicted molar refractivity (Wildman–Crippen MR) is 76.8 cm³/mol. The van der Waals surface area contributed by atoms with Crippen LogP contribution < -0.4 is 16.2 Å². The Labute approximate surface area is 111 Å². The van der Waals surface area contributed by atoms with E-state index >= 15 is 0 Å². The highest BCUT2D eigenvalue weighted by atomic mass is 16.5. The number of ether oxygens (including phenoxy) is 1. The highest BCUT2D eigenvalue weighted by Gasteiger charge is 2.18. The molecule has 1 rings (SSSR count). The normalized spacial score (nSPS) is 14.6. The Bertz CT molecular complexity index is 373. The second-order valence-corrected chi connectivity index (χ2v) is 5.09. The minimum atomic E-state index is 0.00315. The van der Waals surface area contributed by atoms with Crippen LogP contribution >= 0.6 is 0 Å². The second kappa shape index (κ2) is 6.76. The Hall–Kier alpha value is -1.06. The minimum Gasteiger partial charge on any atom is -0.496 e. The Balaban J connectivity index is 3.07. The van der Waals surface area contributed by atoms with Gasteiger partial charge in [0.1, 0.15) is 5.75 Å². The molecule has 0 heterocycles. The first-order valence-corrected chi connectivity index (χ1v) is 6.68. The molecule has 18 heavy (non-hydrogen) atoms. The van der Waals surface area contributed by atoms with Crippen LogP contribution in [0.2, 0.25) is 0 Å². The molecule has 0 spiro atoms. The Morgan fingerprint density at radius 1 is 1.28 bits per heavy atom. The van der Waals surface area contributed by atoms with Crippen molar-refractivity contribution in [3.8, 4) is 5.75 Å². The molecule has 2 atom stereocenters. The molecule has 2 unspecified atom stereocenters. The molecule has 1 aromatic carbocycles. The quantitative estimate of drug-likeness (QED) is 0.816. The van der Waals surface area contributed by atoms with Crippen molar-refractivity contribution < 1.29 is 4.74 Å². The Morgan fingerprint density at radius 3 is 2.39 bits per heavy atom. The summed E-state index contributed by atoms with van der Waals surface area (Å²) in [6.07, 6.45) is 1.00. The van der Waals surface area contributed by atoms with Gasteiger partial charge < -0.3 is 16.2 Å². The maximum Gasteiger partial charge on any atom is 0.122 e. The number of hydrogen-bond acceptors (Lipinski definition) is 3. The van der Waals surface area contributed by atoms with Crippen LogP contribution in [0.25, 0.3) is 0 Å². The van der Waals surface area contributed by atoms with Crippen LogP contribution in [0.15, 0.2) is 18.2 Å². The van der Waals surface area contributed by atoms with Crippen LogP contribution in [-0.4, -0.2) is 13.7 Å². The number of nitrogens with two attached hydrogens (primary N) is 2. The third-order valence-corrected chi connectivity index (χ3v) is 3.60. The number of benzene rings is 1. The van der Waals surface area contributed by atoms with Gasteiger partial charge in [-0.1, -0.05) is 39.3 Å². The van der Waals surface area contributed by atoms with E-state index in [0.717, 1.165) is 17.7 Å². The summed E-state index contributed by atoms with van der Waals surface area (Å²) in [7, 11) is 1.70. The number of methoxy groups -OCH3 is 1. The van der Waals surface area contributed by atoms with Crippen molar-refractivity contribution in [3.05, 3.63) is 29.3 Å². The molecule has 0 fully saturated rings. The summed E-state index contributed by atoms with van der Waals surface area (Å²) in [5, 5.41) is 0. The largest absolute Gasteiger partial charge is 0.496 e. The number of rotatable bonds is 6. The van der Waals surface area contributed by atoms with Crippen molar-refractivity contribution in [1.82, 2.24) is 0 Å². The molecule has 0 bridgehead atoms. The smallest absolute Gasteiger partial charge is 0.122 e. The van der Waals surface area contributed by atoms with Gasteiger partial charge in [0.05, 0.1) is 7.11 Å². The van der Waals surface area contributed by atoms with E-state index in [1.165, 1.54) is 5.56 Å². The van der Waals surface area contributed by atoms with Gasteiger partial charge in [0.25, 0.3) is 0 Å². The number of hydrogen-bond donors (Lipinski definition) is 2. The van der Waals surface area contributed by atoms with E-state index in [9.17, 15) is 0 Å². The van der Waals surface area contributed by atoms with E-state index in [0.29, 0.717) is 18.4 Å². The van der Waals surface area contributed by atoms with Gasteiger partial charge in [-0.05, 0) is 35.6 Å². The average molecular weight is 250 g/mol. The summed E-state index contributed by atoms with van der Waals surface area (Å²) in [4.78, 5) is 0. The molecule has 102 valence electrons. The van der Waals surface area contributed by atoms with E-state index in [-0.39, 0.29) is 6.04 Å². The molecule has 0 aromatic heterocycles. The van der Waals surface area contributed by atoms with Gasteiger partial charge in [0.15, 0.2) is 0 Å². The fraction of sp³-hybridized carbons (Fsp3) is 0.600. The highest BCUT2D eigenvalue weighted by molar-refractivity contribution is 5.40. The van der Waals surface area contributed by atoms with Crippen molar-refractivity contribution in [2.24, 2.45) is 17.4 Å². The molecule has 0 aliphatic rings. The van der Waals surface area contributed by atoms with Gasteiger partial charge in [-0.3, -0.25) is 0 Å². The van der Waals surface area contributed by atoms with Crippen LogP contribution in [0, 0.1) is 5.92 Å².